The molecule has 110 valence electrons. The first-order chi connectivity index (χ1) is 9.62. The first-order valence-corrected chi connectivity index (χ1v) is 7.34. The van der Waals surface area contributed by atoms with Gasteiger partial charge in [0.25, 0.3) is 0 Å². The van der Waals surface area contributed by atoms with Crippen molar-refractivity contribution in [1.29, 1.82) is 0 Å². The molecular formula is C16H23NO3. The molecule has 1 aromatic rings. The van der Waals surface area contributed by atoms with Crippen LogP contribution in [0.3, 0.4) is 0 Å². The minimum Gasteiger partial charge on any atom is -0.508 e. The van der Waals surface area contributed by atoms with Gasteiger partial charge in [0.1, 0.15) is 11.3 Å². The Morgan fingerprint density at radius 3 is 2.50 bits per heavy atom. The average molecular weight is 277 g/mol. The number of carbonyl (C=O) groups excluding carboxylic acids is 1. The molecule has 0 heterocycles. The fourth-order valence-corrected chi connectivity index (χ4v) is 2.41. The number of hydrogen-bond acceptors (Lipinski definition) is 4. The Kier molecular flexibility index (Phi) is 4.65. The van der Waals surface area contributed by atoms with E-state index in [0.29, 0.717) is 18.9 Å². The van der Waals surface area contributed by atoms with E-state index in [1.165, 1.54) is 12.8 Å². The number of aromatic hydroxyl groups is 1. The highest BCUT2D eigenvalue weighted by Crippen LogP contribution is 2.32. The third-order valence-corrected chi connectivity index (χ3v) is 3.90. The fraction of sp³-hybridized carbons (Fsp3) is 0.562. The Labute approximate surface area is 120 Å². The predicted molar refractivity (Wildman–Crippen MR) is 77.4 cm³/mol. The van der Waals surface area contributed by atoms with Crippen LogP contribution in [0.4, 0.5) is 0 Å². The van der Waals surface area contributed by atoms with E-state index in [9.17, 15) is 9.90 Å². The summed E-state index contributed by atoms with van der Waals surface area (Å²) in [6.07, 6.45) is 3.07. The van der Waals surface area contributed by atoms with Gasteiger partial charge in [-0.15, -0.1) is 0 Å². The normalized spacial score (nSPS) is 17.5. The molecule has 0 aliphatic heterocycles. The third kappa shape index (κ3) is 3.12. The monoisotopic (exact) mass is 277 g/mol. The van der Waals surface area contributed by atoms with Crippen molar-refractivity contribution in [3.05, 3.63) is 29.8 Å². The maximum Gasteiger partial charge on any atom is 0.330 e. The number of rotatable bonds is 7. The van der Waals surface area contributed by atoms with Crippen molar-refractivity contribution in [3.8, 4) is 5.75 Å². The predicted octanol–water partition coefficient (Wildman–Crippen LogP) is 2.56. The van der Waals surface area contributed by atoms with Crippen molar-refractivity contribution in [2.45, 2.75) is 38.6 Å². The Bertz CT molecular complexity index is 453. The molecular weight excluding hydrogens is 254 g/mol. The van der Waals surface area contributed by atoms with E-state index in [2.05, 4.69) is 5.32 Å². The number of nitrogens with one attached hydrogen (secondary N) is 1. The van der Waals surface area contributed by atoms with Gasteiger partial charge in [-0.25, -0.2) is 4.79 Å². The summed E-state index contributed by atoms with van der Waals surface area (Å²) in [5, 5.41) is 12.8. The quantitative estimate of drug-likeness (QED) is 0.752. The van der Waals surface area contributed by atoms with Gasteiger partial charge in [0.15, 0.2) is 0 Å². The lowest BCUT2D eigenvalue weighted by atomic mass is 9.86. The molecule has 20 heavy (non-hydrogen) atoms. The zero-order chi connectivity index (χ0) is 14.6. The van der Waals surface area contributed by atoms with E-state index in [4.69, 9.17) is 4.74 Å². The molecule has 2 rings (SSSR count). The zero-order valence-electron chi connectivity index (χ0n) is 12.2. The summed E-state index contributed by atoms with van der Waals surface area (Å²) in [5.41, 5.74) is 0.0312. The van der Waals surface area contributed by atoms with Crippen molar-refractivity contribution in [2.24, 2.45) is 5.92 Å². The van der Waals surface area contributed by atoms with Gasteiger partial charge in [-0.3, -0.25) is 5.32 Å². The molecule has 1 saturated carbocycles. The van der Waals surface area contributed by atoms with Crippen LogP contribution in [0.15, 0.2) is 24.3 Å². The van der Waals surface area contributed by atoms with Gasteiger partial charge in [-0.2, -0.15) is 0 Å². The summed E-state index contributed by atoms with van der Waals surface area (Å²) in [7, 11) is 0. The second-order valence-corrected chi connectivity index (χ2v) is 5.35. The molecule has 0 bridgehead atoms. The van der Waals surface area contributed by atoms with Gasteiger partial charge in [-0.05, 0) is 56.3 Å². The van der Waals surface area contributed by atoms with Crippen molar-refractivity contribution < 1.29 is 14.6 Å². The molecule has 1 aliphatic carbocycles. The Morgan fingerprint density at radius 1 is 1.35 bits per heavy atom. The minimum absolute atomic E-state index is 0.199. The number of hydrogen-bond donors (Lipinski definition) is 2. The largest absolute Gasteiger partial charge is 0.508 e. The van der Waals surface area contributed by atoms with Crippen LogP contribution in [0.5, 0.6) is 5.75 Å². The van der Waals surface area contributed by atoms with Crippen molar-refractivity contribution >= 4 is 5.97 Å². The van der Waals surface area contributed by atoms with Gasteiger partial charge in [-0.1, -0.05) is 19.1 Å². The van der Waals surface area contributed by atoms with Crippen LogP contribution < -0.4 is 5.32 Å². The Balaban J connectivity index is 2.28. The second kappa shape index (κ2) is 6.27. The Morgan fingerprint density at radius 2 is 2.00 bits per heavy atom. The highest BCUT2D eigenvalue weighted by molar-refractivity contribution is 5.82. The molecule has 0 saturated heterocycles. The third-order valence-electron chi connectivity index (χ3n) is 3.90. The lowest BCUT2D eigenvalue weighted by molar-refractivity contribution is -0.152. The molecule has 1 fully saturated rings. The minimum atomic E-state index is -0.813. The average Bonchev–Trinajstić information content (AvgIpc) is 3.26. The molecule has 1 atom stereocenters. The molecule has 0 aromatic heterocycles. The summed E-state index contributed by atoms with van der Waals surface area (Å²) in [6, 6.07) is 6.79. The maximum atomic E-state index is 12.5. The molecule has 0 spiro atoms. The zero-order valence-corrected chi connectivity index (χ0v) is 12.2. The standard InChI is InChI=1S/C16H23NO3/c1-3-16(15(19)20-4-2,17-11-12-5-6-12)13-7-9-14(18)10-8-13/h7-10,12,17-18H,3-6,11H2,1-2H3. The first kappa shape index (κ1) is 14.9. The van der Waals surface area contributed by atoms with Crippen molar-refractivity contribution in [2.75, 3.05) is 13.2 Å². The van der Waals surface area contributed by atoms with E-state index in [0.717, 1.165) is 12.1 Å². The number of ether oxygens (including phenoxy) is 1. The van der Waals surface area contributed by atoms with Crippen molar-refractivity contribution in [3.63, 3.8) is 0 Å². The van der Waals surface area contributed by atoms with Crippen LogP contribution in [0.25, 0.3) is 0 Å². The number of phenolic OH excluding ortho intramolecular Hbond substituents is 1. The molecule has 2 N–H and O–H groups in total. The smallest absolute Gasteiger partial charge is 0.330 e. The van der Waals surface area contributed by atoms with E-state index in [1.807, 2.05) is 13.8 Å². The van der Waals surface area contributed by atoms with Gasteiger partial charge >= 0.3 is 5.97 Å². The van der Waals surface area contributed by atoms with Crippen LogP contribution in [-0.4, -0.2) is 24.2 Å². The molecule has 0 amide bonds. The topological polar surface area (TPSA) is 58.6 Å². The van der Waals surface area contributed by atoms with Crippen LogP contribution in [0.2, 0.25) is 0 Å². The number of esters is 1. The second-order valence-electron chi connectivity index (χ2n) is 5.35. The van der Waals surface area contributed by atoms with E-state index < -0.39 is 5.54 Å². The first-order valence-electron chi connectivity index (χ1n) is 7.34. The van der Waals surface area contributed by atoms with Crippen molar-refractivity contribution in [1.82, 2.24) is 5.32 Å². The van der Waals surface area contributed by atoms with E-state index >= 15 is 0 Å². The summed E-state index contributed by atoms with van der Waals surface area (Å²) in [4.78, 5) is 12.5. The molecule has 4 heteroatoms. The highest BCUT2D eigenvalue weighted by Gasteiger charge is 2.41. The van der Waals surface area contributed by atoms with Gasteiger partial charge < -0.3 is 9.84 Å². The molecule has 1 unspecified atom stereocenters. The van der Waals surface area contributed by atoms with Gasteiger partial charge in [0.2, 0.25) is 0 Å². The fourth-order valence-electron chi connectivity index (χ4n) is 2.41. The van der Waals surface area contributed by atoms with Gasteiger partial charge in [0, 0.05) is 0 Å². The van der Waals surface area contributed by atoms with Crippen LogP contribution in [0, 0.1) is 5.92 Å². The van der Waals surface area contributed by atoms with Crippen LogP contribution in [-0.2, 0) is 15.1 Å². The maximum absolute atomic E-state index is 12.5. The Hall–Kier alpha value is -1.55. The number of carbonyl (C=O) groups is 1. The molecule has 0 radical (unpaired) electrons. The molecule has 1 aromatic carbocycles. The highest BCUT2D eigenvalue weighted by atomic mass is 16.5. The number of benzene rings is 1. The van der Waals surface area contributed by atoms with Gasteiger partial charge in [0.05, 0.1) is 6.61 Å². The summed E-state index contributed by atoms with van der Waals surface area (Å²) in [6.45, 7) is 4.98. The lowest BCUT2D eigenvalue weighted by Crippen LogP contribution is -2.50. The van der Waals surface area contributed by atoms with Crippen LogP contribution in [0.1, 0.15) is 38.7 Å². The summed E-state index contributed by atoms with van der Waals surface area (Å²) < 4.78 is 5.27. The molecule has 1 aliphatic rings. The van der Waals surface area contributed by atoms with Crippen LogP contribution >= 0.6 is 0 Å². The summed E-state index contributed by atoms with van der Waals surface area (Å²) in [5.74, 6) is 0.631. The SMILES string of the molecule is CCOC(=O)C(CC)(NCC1CC1)c1ccc(O)cc1. The summed E-state index contributed by atoms with van der Waals surface area (Å²) >= 11 is 0. The molecule has 4 nitrogen and oxygen atoms in total. The lowest BCUT2D eigenvalue weighted by Gasteiger charge is -2.32. The van der Waals surface area contributed by atoms with E-state index in [1.54, 1.807) is 24.3 Å². The number of phenols is 1. The van der Waals surface area contributed by atoms with E-state index in [-0.39, 0.29) is 11.7 Å².